The lowest BCUT2D eigenvalue weighted by atomic mass is 9.90. The number of aryl methyl sites for hydroxylation is 2. The van der Waals surface area contributed by atoms with Crippen molar-refractivity contribution >= 4 is 17.5 Å². The Labute approximate surface area is 264 Å². The summed E-state index contributed by atoms with van der Waals surface area (Å²) in [6.45, 7) is 17.3. The minimum atomic E-state index is -0.106. The van der Waals surface area contributed by atoms with Gasteiger partial charge < -0.3 is 25.8 Å². The molecule has 4 unspecified atom stereocenters. The highest BCUT2D eigenvalue weighted by atomic mass is 16.5. The second-order valence-corrected chi connectivity index (χ2v) is 12.4. The quantitative estimate of drug-likeness (QED) is 0.216. The zero-order chi connectivity index (χ0) is 32.6. The van der Waals surface area contributed by atoms with Crippen molar-refractivity contribution in [3.05, 3.63) is 46.8 Å². The number of piperidine rings is 1. The Bertz CT molecular complexity index is 1200. The molecular formula is C34H57N7O3. The number of imidazole rings is 1. The van der Waals surface area contributed by atoms with E-state index in [0.29, 0.717) is 23.4 Å². The molecule has 2 aromatic rings. The molecule has 2 amide bonds. The van der Waals surface area contributed by atoms with E-state index in [4.69, 9.17) is 10.1 Å². The van der Waals surface area contributed by atoms with Crippen molar-refractivity contribution in [1.29, 1.82) is 5.41 Å². The van der Waals surface area contributed by atoms with Crippen LogP contribution in [0.2, 0.25) is 0 Å². The molecule has 0 aromatic carbocycles. The molecule has 2 fully saturated rings. The smallest absolute Gasteiger partial charge is 0.270 e. The number of nitrogens with zero attached hydrogens (tertiary/aromatic N) is 3. The van der Waals surface area contributed by atoms with E-state index in [-0.39, 0.29) is 17.9 Å². The van der Waals surface area contributed by atoms with Gasteiger partial charge in [-0.1, -0.05) is 52.5 Å². The second kappa shape index (κ2) is 19.2. The first-order chi connectivity index (χ1) is 21.0. The molecule has 0 saturated carbocycles. The summed E-state index contributed by atoms with van der Waals surface area (Å²) in [5.41, 5.74) is 4.83. The van der Waals surface area contributed by atoms with E-state index in [2.05, 4.69) is 60.3 Å². The highest BCUT2D eigenvalue weighted by Crippen LogP contribution is 2.26. The SMILES string of the molecule is CC1CCC(=O)NC1.CCC(C)=C(C(C)=N)C1CCOC1.CCC(C)CCCC(NC(=O)c1ccnn1C)c1cnc(C)[nH]1. The number of aromatic nitrogens is 4. The molecule has 4 atom stereocenters. The molecule has 4 rings (SSSR count). The van der Waals surface area contributed by atoms with Crippen LogP contribution >= 0.6 is 0 Å². The van der Waals surface area contributed by atoms with Crippen LogP contribution in [0, 0.1) is 30.1 Å². The van der Waals surface area contributed by atoms with Crippen molar-refractivity contribution in [1.82, 2.24) is 30.4 Å². The van der Waals surface area contributed by atoms with Gasteiger partial charge in [0, 0.05) is 44.4 Å². The number of carbonyl (C=O) groups is 2. The summed E-state index contributed by atoms with van der Waals surface area (Å²) in [6.07, 6.45) is 11.7. The van der Waals surface area contributed by atoms with Crippen molar-refractivity contribution < 1.29 is 14.3 Å². The van der Waals surface area contributed by atoms with Gasteiger partial charge in [-0.15, -0.1) is 0 Å². The van der Waals surface area contributed by atoms with Crippen LogP contribution in [0.3, 0.4) is 0 Å². The van der Waals surface area contributed by atoms with E-state index in [1.54, 1.807) is 24.0 Å². The summed E-state index contributed by atoms with van der Waals surface area (Å²) in [6, 6.07) is 1.67. The summed E-state index contributed by atoms with van der Waals surface area (Å²) in [4.78, 5) is 30.5. The lowest BCUT2D eigenvalue weighted by Gasteiger charge is -2.18. The Morgan fingerprint density at radius 2 is 2.00 bits per heavy atom. The fraction of sp³-hybridized carbons (Fsp3) is 0.676. The minimum Gasteiger partial charge on any atom is -0.381 e. The van der Waals surface area contributed by atoms with Gasteiger partial charge in [-0.3, -0.25) is 14.3 Å². The molecular weight excluding hydrogens is 554 g/mol. The van der Waals surface area contributed by atoms with E-state index in [1.165, 1.54) is 24.0 Å². The molecule has 44 heavy (non-hydrogen) atoms. The summed E-state index contributed by atoms with van der Waals surface area (Å²) < 4.78 is 6.94. The van der Waals surface area contributed by atoms with Crippen molar-refractivity contribution in [3.63, 3.8) is 0 Å². The van der Waals surface area contributed by atoms with Crippen LogP contribution in [-0.2, 0) is 16.6 Å². The first-order valence-electron chi connectivity index (χ1n) is 16.4. The van der Waals surface area contributed by atoms with Crippen LogP contribution in [-0.4, -0.2) is 57.0 Å². The predicted octanol–water partition coefficient (Wildman–Crippen LogP) is 6.46. The molecule has 0 aliphatic carbocycles. The van der Waals surface area contributed by atoms with Gasteiger partial charge >= 0.3 is 0 Å². The number of nitrogens with one attached hydrogen (secondary N) is 4. The number of hydrogen-bond acceptors (Lipinski definition) is 6. The zero-order valence-electron chi connectivity index (χ0n) is 28.4. The maximum atomic E-state index is 12.5. The molecule has 246 valence electrons. The Morgan fingerprint density at radius 1 is 1.25 bits per heavy atom. The zero-order valence-corrected chi connectivity index (χ0v) is 28.4. The van der Waals surface area contributed by atoms with Crippen LogP contribution in [0.15, 0.2) is 29.6 Å². The van der Waals surface area contributed by atoms with E-state index < -0.39 is 0 Å². The molecule has 0 bridgehead atoms. The number of allylic oxidation sites excluding steroid dienone is 1. The molecule has 4 N–H and O–H groups in total. The highest BCUT2D eigenvalue weighted by Gasteiger charge is 2.23. The molecule has 4 heterocycles. The van der Waals surface area contributed by atoms with Gasteiger partial charge in [0.05, 0.1) is 24.5 Å². The van der Waals surface area contributed by atoms with Crippen molar-refractivity contribution in [3.8, 4) is 0 Å². The molecule has 10 heteroatoms. The third-order valence-corrected chi connectivity index (χ3v) is 8.59. The summed E-state index contributed by atoms with van der Waals surface area (Å²) in [5.74, 6) is 2.85. The number of ether oxygens (including phenoxy) is 1. The van der Waals surface area contributed by atoms with Crippen molar-refractivity contribution in [2.75, 3.05) is 19.8 Å². The lowest BCUT2D eigenvalue weighted by Crippen LogP contribution is -2.33. The molecule has 2 saturated heterocycles. The third kappa shape index (κ3) is 12.4. The molecule has 2 aliphatic rings. The summed E-state index contributed by atoms with van der Waals surface area (Å²) in [7, 11) is 1.77. The highest BCUT2D eigenvalue weighted by molar-refractivity contribution is 5.97. The van der Waals surface area contributed by atoms with E-state index in [9.17, 15) is 9.59 Å². The predicted molar refractivity (Wildman–Crippen MR) is 177 cm³/mol. The monoisotopic (exact) mass is 611 g/mol. The van der Waals surface area contributed by atoms with Crippen LogP contribution in [0.1, 0.15) is 121 Å². The van der Waals surface area contributed by atoms with Crippen molar-refractivity contribution in [2.45, 2.75) is 106 Å². The van der Waals surface area contributed by atoms with Gasteiger partial charge in [-0.05, 0) is 69.9 Å². The van der Waals surface area contributed by atoms with Gasteiger partial charge in [-0.2, -0.15) is 5.10 Å². The number of amides is 2. The van der Waals surface area contributed by atoms with E-state index >= 15 is 0 Å². The standard InChI is InChI=1S/C17H27N5O.C11H19NO.C6H11NO/c1-5-12(2)7-6-8-14(15-11-18-13(3)20-15)21-17(23)16-9-10-19-22(16)4;1-4-8(2)11(9(3)12)10-5-6-13-7-10;1-5-2-3-6(8)7-4-5/h9-12,14H,5-8H2,1-4H3,(H,18,20)(H,21,23);10,12H,4-7H2,1-3H3;5H,2-4H2,1H3,(H,7,8). The van der Waals surface area contributed by atoms with Crippen LogP contribution in [0.4, 0.5) is 0 Å². The van der Waals surface area contributed by atoms with Crippen LogP contribution in [0.25, 0.3) is 0 Å². The summed E-state index contributed by atoms with van der Waals surface area (Å²) in [5, 5.41) is 17.7. The molecule has 2 aromatic heterocycles. The minimum absolute atomic E-state index is 0.0531. The third-order valence-electron chi connectivity index (χ3n) is 8.59. The van der Waals surface area contributed by atoms with E-state index in [0.717, 1.165) is 75.5 Å². The van der Waals surface area contributed by atoms with Gasteiger partial charge in [0.25, 0.3) is 5.91 Å². The maximum Gasteiger partial charge on any atom is 0.270 e. The Hall–Kier alpha value is -3.27. The number of rotatable bonds is 11. The van der Waals surface area contributed by atoms with Crippen molar-refractivity contribution in [2.24, 2.45) is 24.8 Å². The number of aromatic amines is 1. The Balaban J connectivity index is 0.000000268. The largest absolute Gasteiger partial charge is 0.381 e. The summed E-state index contributed by atoms with van der Waals surface area (Å²) >= 11 is 0. The topological polar surface area (TPSA) is 138 Å². The van der Waals surface area contributed by atoms with Gasteiger partial charge in [0.1, 0.15) is 11.5 Å². The first kappa shape index (κ1) is 36.9. The lowest BCUT2D eigenvalue weighted by molar-refractivity contribution is -0.122. The fourth-order valence-corrected chi connectivity index (χ4v) is 5.41. The average Bonchev–Trinajstić information content (AvgIpc) is 3.77. The Kier molecular flexibility index (Phi) is 16.1. The maximum absolute atomic E-state index is 12.5. The van der Waals surface area contributed by atoms with Gasteiger partial charge in [0.2, 0.25) is 5.91 Å². The number of carbonyl (C=O) groups excluding carboxylic acids is 2. The van der Waals surface area contributed by atoms with E-state index in [1.807, 2.05) is 20.0 Å². The number of H-pyrrole nitrogens is 1. The van der Waals surface area contributed by atoms with Crippen LogP contribution < -0.4 is 10.6 Å². The van der Waals surface area contributed by atoms with Gasteiger partial charge in [0.15, 0.2) is 0 Å². The normalized spacial score (nSPS) is 19.8. The van der Waals surface area contributed by atoms with Crippen LogP contribution in [0.5, 0.6) is 0 Å². The van der Waals surface area contributed by atoms with Gasteiger partial charge in [-0.25, -0.2) is 4.98 Å². The molecule has 2 aliphatic heterocycles. The average molecular weight is 612 g/mol. The molecule has 10 nitrogen and oxygen atoms in total. The second-order valence-electron chi connectivity index (χ2n) is 12.4. The number of hydrogen-bond donors (Lipinski definition) is 4. The fourth-order valence-electron chi connectivity index (χ4n) is 5.41. The molecule has 0 spiro atoms. The Morgan fingerprint density at radius 3 is 2.48 bits per heavy atom. The molecule has 0 radical (unpaired) electrons. The first-order valence-corrected chi connectivity index (χ1v) is 16.4.